The summed E-state index contributed by atoms with van der Waals surface area (Å²) in [5, 5.41) is 14.6. The number of aromatic nitrogens is 6. The van der Waals surface area contributed by atoms with E-state index in [4.69, 9.17) is 0 Å². The van der Waals surface area contributed by atoms with E-state index in [0.29, 0.717) is 17.2 Å². The Kier molecular flexibility index (Phi) is 4.69. The van der Waals surface area contributed by atoms with Crippen molar-refractivity contribution in [2.45, 2.75) is 56.9 Å². The SMILES string of the molecule is CC(C)(C)c1nc(N2CCC(F)(F)C2)c2nnn(Cc3ccc(C4(C(F)(F)F)N=N4)cn3)c2n1. The molecule has 3 aromatic heterocycles. The van der Waals surface area contributed by atoms with Gasteiger partial charge in [-0.3, -0.25) is 4.98 Å². The van der Waals surface area contributed by atoms with Crippen LogP contribution < -0.4 is 4.90 Å². The Hall–Kier alpha value is -3.32. The minimum Gasteiger partial charge on any atom is -0.348 e. The van der Waals surface area contributed by atoms with Gasteiger partial charge in [-0.05, 0) is 6.07 Å². The maximum absolute atomic E-state index is 13.9. The van der Waals surface area contributed by atoms with Crippen molar-refractivity contribution >= 4 is 17.0 Å². The average molecular weight is 481 g/mol. The monoisotopic (exact) mass is 481 g/mol. The molecule has 1 fully saturated rings. The van der Waals surface area contributed by atoms with Crippen molar-refractivity contribution in [3.05, 3.63) is 35.4 Å². The second kappa shape index (κ2) is 7.09. The molecule has 3 aromatic rings. The molecule has 9 nitrogen and oxygen atoms in total. The highest BCUT2D eigenvalue weighted by molar-refractivity contribution is 5.83. The molecule has 0 amide bonds. The molecule has 0 aliphatic carbocycles. The van der Waals surface area contributed by atoms with Crippen molar-refractivity contribution < 1.29 is 22.0 Å². The number of pyridine rings is 1. The number of anilines is 1. The minimum atomic E-state index is -4.64. The molecule has 0 atom stereocenters. The van der Waals surface area contributed by atoms with E-state index in [1.165, 1.54) is 21.7 Å². The van der Waals surface area contributed by atoms with E-state index >= 15 is 0 Å². The number of halogens is 5. The molecule has 5 rings (SSSR count). The van der Waals surface area contributed by atoms with Crippen molar-refractivity contribution in [2.24, 2.45) is 10.2 Å². The first-order chi connectivity index (χ1) is 15.8. The van der Waals surface area contributed by atoms with Crippen LogP contribution in [-0.2, 0) is 17.6 Å². The van der Waals surface area contributed by atoms with Gasteiger partial charge >= 0.3 is 11.8 Å². The van der Waals surface area contributed by atoms with Gasteiger partial charge in [-0.15, -0.1) is 15.3 Å². The van der Waals surface area contributed by atoms with Crippen LogP contribution in [-0.4, -0.2) is 55.1 Å². The predicted molar refractivity (Wildman–Crippen MR) is 110 cm³/mol. The van der Waals surface area contributed by atoms with Crippen molar-refractivity contribution in [3.63, 3.8) is 0 Å². The summed E-state index contributed by atoms with van der Waals surface area (Å²) >= 11 is 0. The topological polar surface area (TPSA) is 97.3 Å². The molecule has 180 valence electrons. The lowest BCUT2D eigenvalue weighted by atomic mass is 9.96. The van der Waals surface area contributed by atoms with Gasteiger partial charge in [0.1, 0.15) is 5.82 Å². The summed E-state index contributed by atoms with van der Waals surface area (Å²) in [5.41, 5.74) is -2.20. The number of rotatable bonds is 4. The Balaban J connectivity index is 1.49. The summed E-state index contributed by atoms with van der Waals surface area (Å²) in [7, 11) is 0. The largest absolute Gasteiger partial charge is 0.442 e. The van der Waals surface area contributed by atoms with Gasteiger partial charge in [0, 0.05) is 30.1 Å². The highest BCUT2D eigenvalue weighted by Crippen LogP contribution is 2.52. The molecule has 14 heteroatoms. The molecule has 1 saturated heterocycles. The molecule has 5 heterocycles. The van der Waals surface area contributed by atoms with Crippen molar-refractivity contribution in [1.29, 1.82) is 0 Å². The van der Waals surface area contributed by atoms with Gasteiger partial charge in [0.2, 0.25) is 0 Å². The molecule has 0 spiro atoms. The second-order valence-corrected chi connectivity index (χ2v) is 9.48. The number of hydrogen-bond donors (Lipinski definition) is 0. The van der Waals surface area contributed by atoms with Gasteiger partial charge in [-0.1, -0.05) is 32.1 Å². The first-order valence-corrected chi connectivity index (χ1v) is 10.5. The van der Waals surface area contributed by atoms with Gasteiger partial charge in [-0.25, -0.2) is 23.4 Å². The van der Waals surface area contributed by atoms with Gasteiger partial charge < -0.3 is 4.90 Å². The number of hydrogen-bond acceptors (Lipinski definition) is 8. The molecule has 0 unspecified atom stereocenters. The summed E-state index contributed by atoms with van der Waals surface area (Å²) < 4.78 is 68.8. The van der Waals surface area contributed by atoms with Crippen LogP contribution >= 0.6 is 0 Å². The lowest BCUT2D eigenvalue weighted by Gasteiger charge is -2.22. The quantitative estimate of drug-likeness (QED) is 0.523. The number of fused-ring (bicyclic) bond motifs is 1. The minimum absolute atomic E-state index is 0.0558. The number of alkyl halides is 5. The lowest BCUT2D eigenvalue weighted by molar-refractivity contribution is -0.166. The summed E-state index contributed by atoms with van der Waals surface area (Å²) in [6.07, 6.45) is -3.84. The first-order valence-electron chi connectivity index (χ1n) is 10.5. The summed E-state index contributed by atoms with van der Waals surface area (Å²) in [4.78, 5) is 14.7. The standard InChI is InChI=1S/C20H20F5N9/c1-17(2,3)16-27-14(33-7-6-18(21,22)10-33)13-15(28-16)34(32-29-13)9-12-5-4-11(8-26-12)19(30-31-19)20(23,24)25/h4-5,8H,6-7,9-10H2,1-3H3. The van der Waals surface area contributed by atoms with Gasteiger partial charge in [0.15, 0.2) is 17.0 Å². The first kappa shape index (κ1) is 22.5. The Labute approximate surface area is 190 Å². The Bertz CT molecular complexity index is 1270. The third-order valence-corrected chi connectivity index (χ3v) is 5.72. The van der Waals surface area contributed by atoms with Crippen molar-refractivity contribution in [3.8, 4) is 0 Å². The highest BCUT2D eigenvalue weighted by atomic mass is 19.4. The van der Waals surface area contributed by atoms with Crippen molar-refractivity contribution in [2.75, 3.05) is 18.0 Å². The van der Waals surface area contributed by atoms with E-state index < -0.39 is 29.7 Å². The molecular formula is C20H20F5N9. The van der Waals surface area contributed by atoms with E-state index in [9.17, 15) is 22.0 Å². The molecule has 0 N–H and O–H groups in total. The van der Waals surface area contributed by atoms with Crippen LogP contribution in [0.1, 0.15) is 44.3 Å². The summed E-state index contributed by atoms with van der Waals surface area (Å²) in [6.45, 7) is 5.39. The zero-order valence-electron chi connectivity index (χ0n) is 18.5. The van der Waals surface area contributed by atoms with Crippen molar-refractivity contribution in [1.82, 2.24) is 29.9 Å². The molecule has 0 bridgehead atoms. The third kappa shape index (κ3) is 3.74. The fraction of sp³-hybridized carbons (Fsp3) is 0.550. The normalized spacial score (nSPS) is 19.2. The van der Waals surface area contributed by atoms with E-state index in [0.717, 1.165) is 6.20 Å². The zero-order valence-corrected chi connectivity index (χ0v) is 18.5. The molecule has 0 radical (unpaired) electrons. The molecule has 0 saturated carbocycles. The van der Waals surface area contributed by atoms with E-state index in [2.05, 4.69) is 35.5 Å². The van der Waals surface area contributed by atoms with Crippen LogP contribution in [0.2, 0.25) is 0 Å². The van der Waals surface area contributed by atoms with E-state index in [-0.39, 0.29) is 36.4 Å². The Morgan fingerprint density at radius 1 is 1.06 bits per heavy atom. The molecule has 34 heavy (non-hydrogen) atoms. The molecular weight excluding hydrogens is 461 g/mol. The van der Waals surface area contributed by atoms with Crippen LogP contribution in [0.5, 0.6) is 0 Å². The lowest BCUT2D eigenvalue weighted by Crippen LogP contribution is -2.30. The summed E-state index contributed by atoms with van der Waals surface area (Å²) in [5.74, 6) is -2.11. The zero-order chi connectivity index (χ0) is 24.5. The van der Waals surface area contributed by atoms with Crippen LogP contribution in [0, 0.1) is 0 Å². The third-order valence-electron chi connectivity index (χ3n) is 5.72. The van der Waals surface area contributed by atoms with E-state index in [1.54, 1.807) is 0 Å². The molecule has 0 aromatic carbocycles. The Morgan fingerprint density at radius 3 is 2.32 bits per heavy atom. The fourth-order valence-corrected chi connectivity index (χ4v) is 3.74. The van der Waals surface area contributed by atoms with Gasteiger partial charge in [-0.2, -0.15) is 13.2 Å². The van der Waals surface area contributed by atoms with Gasteiger partial charge in [0.05, 0.1) is 18.8 Å². The Morgan fingerprint density at radius 2 is 1.79 bits per heavy atom. The maximum atomic E-state index is 13.9. The van der Waals surface area contributed by atoms with Crippen LogP contribution in [0.4, 0.5) is 27.8 Å². The average Bonchev–Trinajstić information content (AvgIpc) is 3.36. The van der Waals surface area contributed by atoms with Crippen LogP contribution in [0.3, 0.4) is 0 Å². The number of nitrogens with zero attached hydrogens (tertiary/aromatic N) is 9. The summed E-state index contributed by atoms with van der Waals surface area (Å²) in [6, 6.07) is 2.69. The van der Waals surface area contributed by atoms with Crippen LogP contribution in [0.15, 0.2) is 28.6 Å². The predicted octanol–water partition coefficient (Wildman–Crippen LogP) is 3.99. The highest BCUT2D eigenvalue weighted by Gasteiger charge is 2.65. The van der Waals surface area contributed by atoms with Crippen LogP contribution in [0.25, 0.3) is 11.2 Å². The maximum Gasteiger partial charge on any atom is 0.442 e. The van der Waals surface area contributed by atoms with Gasteiger partial charge in [0.25, 0.3) is 5.92 Å². The van der Waals surface area contributed by atoms with E-state index in [1.807, 2.05) is 20.8 Å². The fourth-order valence-electron chi connectivity index (χ4n) is 3.74. The molecule has 2 aliphatic rings. The smallest absolute Gasteiger partial charge is 0.348 e. The second-order valence-electron chi connectivity index (χ2n) is 9.48. The molecule has 2 aliphatic heterocycles.